The molecule has 72 valence electrons. The Kier molecular flexibility index (Phi) is 2.20. The molecule has 0 atom stereocenters. The van der Waals surface area contributed by atoms with Crippen LogP contribution in [-0.2, 0) is 11.2 Å². The number of carboxylic acids is 1. The molecule has 6 heteroatoms. The predicted molar refractivity (Wildman–Crippen MR) is 52.0 cm³/mol. The van der Waals surface area contributed by atoms with Crippen molar-refractivity contribution in [2.24, 2.45) is 0 Å². The van der Waals surface area contributed by atoms with Gasteiger partial charge in [0.05, 0.1) is 18.3 Å². The van der Waals surface area contributed by atoms with Gasteiger partial charge in [0.2, 0.25) is 0 Å². The van der Waals surface area contributed by atoms with Crippen molar-refractivity contribution in [3.05, 3.63) is 28.6 Å². The normalized spacial score (nSPS) is 10.6. The topological polar surface area (TPSA) is 67.5 Å². The predicted octanol–water partition coefficient (Wildman–Crippen LogP) is 1.12. The van der Waals surface area contributed by atoms with Gasteiger partial charge in [-0.25, -0.2) is 9.50 Å². The molecule has 14 heavy (non-hydrogen) atoms. The molecular weight excluding hydrogens is 250 g/mol. The van der Waals surface area contributed by atoms with E-state index in [1.807, 2.05) is 0 Å². The van der Waals surface area contributed by atoms with Gasteiger partial charge in [-0.05, 0) is 28.1 Å². The first-order valence-electron chi connectivity index (χ1n) is 3.88. The highest BCUT2D eigenvalue weighted by atomic mass is 79.9. The van der Waals surface area contributed by atoms with E-state index in [0.29, 0.717) is 15.9 Å². The van der Waals surface area contributed by atoms with E-state index in [2.05, 4.69) is 26.0 Å². The van der Waals surface area contributed by atoms with Crippen molar-refractivity contribution < 1.29 is 9.90 Å². The molecule has 0 aliphatic rings. The molecule has 0 saturated heterocycles. The summed E-state index contributed by atoms with van der Waals surface area (Å²) in [5.74, 6) is -0.895. The lowest BCUT2D eigenvalue weighted by atomic mass is 10.3. The van der Waals surface area contributed by atoms with Gasteiger partial charge in [-0.2, -0.15) is 5.10 Å². The van der Waals surface area contributed by atoms with E-state index < -0.39 is 5.97 Å². The number of nitrogens with zero attached hydrogens (tertiary/aromatic N) is 3. The van der Waals surface area contributed by atoms with Crippen molar-refractivity contribution in [2.75, 3.05) is 0 Å². The van der Waals surface area contributed by atoms with Crippen molar-refractivity contribution in [3.63, 3.8) is 0 Å². The summed E-state index contributed by atoms with van der Waals surface area (Å²) in [6, 6.07) is 3.39. The molecule has 0 bridgehead atoms. The summed E-state index contributed by atoms with van der Waals surface area (Å²) < 4.78 is 2.26. The van der Waals surface area contributed by atoms with E-state index in [1.165, 1.54) is 0 Å². The smallest absolute Gasteiger partial charge is 0.309 e. The summed E-state index contributed by atoms with van der Waals surface area (Å²) >= 11 is 3.26. The number of hydrogen-bond donors (Lipinski definition) is 1. The Hall–Kier alpha value is -1.43. The summed E-state index contributed by atoms with van der Waals surface area (Å²) in [5.41, 5.74) is 1.19. The SMILES string of the molecule is O=C(O)Cc1ccc2ncc(Br)n2n1. The third-order valence-electron chi connectivity index (χ3n) is 1.71. The van der Waals surface area contributed by atoms with Crippen LogP contribution in [0, 0.1) is 0 Å². The van der Waals surface area contributed by atoms with Crippen molar-refractivity contribution >= 4 is 27.5 Å². The average molecular weight is 256 g/mol. The van der Waals surface area contributed by atoms with Gasteiger partial charge in [-0.3, -0.25) is 4.79 Å². The summed E-state index contributed by atoms with van der Waals surface area (Å²) in [7, 11) is 0. The summed E-state index contributed by atoms with van der Waals surface area (Å²) in [5, 5.41) is 12.7. The molecule has 2 rings (SSSR count). The van der Waals surface area contributed by atoms with Gasteiger partial charge in [0.25, 0.3) is 0 Å². The molecule has 0 unspecified atom stereocenters. The third kappa shape index (κ3) is 1.60. The van der Waals surface area contributed by atoms with Crippen molar-refractivity contribution in [1.29, 1.82) is 0 Å². The number of carbonyl (C=O) groups is 1. The van der Waals surface area contributed by atoms with Crippen LogP contribution in [0.1, 0.15) is 5.69 Å². The highest BCUT2D eigenvalue weighted by molar-refractivity contribution is 9.10. The van der Waals surface area contributed by atoms with E-state index in [1.54, 1.807) is 22.8 Å². The van der Waals surface area contributed by atoms with Crippen molar-refractivity contribution in [2.45, 2.75) is 6.42 Å². The molecule has 0 aliphatic carbocycles. The molecule has 0 aliphatic heterocycles. The van der Waals surface area contributed by atoms with Crippen LogP contribution < -0.4 is 0 Å². The first kappa shape index (κ1) is 9.14. The van der Waals surface area contributed by atoms with Gasteiger partial charge in [-0.15, -0.1) is 0 Å². The summed E-state index contributed by atoms with van der Waals surface area (Å²) in [4.78, 5) is 14.5. The van der Waals surface area contributed by atoms with E-state index in [-0.39, 0.29) is 6.42 Å². The highest BCUT2D eigenvalue weighted by Crippen LogP contribution is 2.11. The Labute approximate surface area is 87.5 Å². The number of aliphatic carboxylic acids is 1. The minimum atomic E-state index is -0.895. The lowest BCUT2D eigenvalue weighted by molar-refractivity contribution is -0.136. The zero-order chi connectivity index (χ0) is 10.1. The fourth-order valence-corrected chi connectivity index (χ4v) is 1.50. The first-order chi connectivity index (χ1) is 6.66. The second-order valence-electron chi connectivity index (χ2n) is 2.75. The number of halogens is 1. The number of carboxylic acid groups (broad SMARTS) is 1. The van der Waals surface area contributed by atoms with E-state index >= 15 is 0 Å². The first-order valence-corrected chi connectivity index (χ1v) is 4.67. The maximum absolute atomic E-state index is 10.5. The van der Waals surface area contributed by atoms with Gasteiger partial charge in [0, 0.05) is 0 Å². The molecule has 0 aromatic carbocycles. The molecule has 2 aromatic heterocycles. The highest BCUT2D eigenvalue weighted by Gasteiger charge is 2.05. The van der Waals surface area contributed by atoms with Crippen molar-refractivity contribution in [1.82, 2.24) is 14.6 Å². The second-order valence-corrected chi connectivity index (χ2v) is 3.56. The van der Waals surface area contributed by atoms with Crippen LogP contribution in [-0.4, -0.2) is 25.7 Å². The zero-order valence-corrected chi connectivity index (χ0v) is 8.60. The molecule has 1 N–H and O–H groups in total. The number of aromatic nitrogens is 3. The standard InChI is InChI=1S/C8H6BrN3O2/c9-6-4-10-7-2-1-5(3-8(13)14)11-12(6)7/h1-2,4H,3H2,(H,13,14). The number of fused-ring (bicyclic) bond motifs is 1. The largest absolute Gasteiger partial charge is 0.481 e. The monoisotopic (exact) mass is 255 g/mol. The van der Waals surface area contributed by atoms with Gasteiger partial charge in [-0.1, -0.05) is 0 Å². The summed E-state index contributed by atoms with van der Waals surface area (Å²) in [6.45, 7) is 0. The van der Waals surface area contributed by atoms with Gasteiger partial charge in [0.15, 0.2) is 5.65 Å². The molecule has 0 amide bonds. The molecule has 2 heterocycles. The summed E-state index contributed by atoms with van der Waals surface area (Å²) in [6.07, 6.45) is 1.54. The molecule has 0 radical (unpaired) electrons. The Morgan fingerprint density at radius 2 is 2.36 bits per heavy atom. The zero-order valence-electron chi connectivity index (χ0n) is 7.01. The Morgan fingerprint density at radius 1 is 1.57 bits per heavy atom. The van der Waals surface area contributed by atoms with Crippen molar-refractivity contribution in [3.8, 4) is 0 Å². The van der Waals surface area contributed by atoms with Crippen LogP contribution in [0.4, 0.5) is 0 Å². The molecular formula is C8H6BrN3O2. The van der Waals surface area contributed by atoms with Crippen LogP contribution >= 0.6 is 15.9 Å². The third-order valence-corrected chi connectivity index (χ3v) is 2.25. The number of imidazole rings is 1. The van der Waals surface area contributed by atoms with Gasteiger partial charge >= 0.3 is 5.97 Å². The van der Waals surface area contributed by atoms with Gasteiger partial charge in [0.1, 0.15) is 4.60 Å². The quantitative estimate of drug-likeness (QED) is 0.874. The second kappa shape index (κ2) is 3.38. The fraction of sp³-hybridized carbons (Fsp3) is 0.125. The minimum absolute atomic E-state index is 0.0828. The molecule has 0 saturated carbocycles. The molecule has 0 spiro atoms. The Bertz CT molecular complexity index is 494. The van der Waals surface area contributed by atoms with E-state index in [0.717, 1.165) is 0 Å². The van der Waals surface area contributed by atoms with Crippen LogP contribution in [0.3, 0.4) is 0 Å². The molecule has 2 aromatic rings. The van der Waals surface area contributed by atoms with Crippen LogP contribution in [0.25, 0.3) is 5.65 Å². The minimum Gasteiger partial charge on any atom is -0.481 e. The lowest BCUT2D eigenvalue weighted by Gasteiger charge is -1.98. The van der Waals surface area contributed by atoms with Crippen LogP contribution in [0.5, 0.6) is 0 Å². The lowest BCUT2D eigenvalue weighted by Crippen LogP contribution is -2.05. The van der Waals surface area contributed by atoms with Crippen LogP contribution in [0.2, 0.25) is 0 Å². The number of hydrogen-bond acceptors (Lipinski definition) is 3. The van der Waals surface area contributed by atoms with Crippen LogP contribution in [0.15, 0.2) is 22.9 Å². The fourth-order valence-electron chi connectivity index (χ4n) is 1.13. The maximum Gasteiger partial charge on any atom is 0.309 e. The van der Waals surface area contributed by atoms with E-state index in [9.17, 15) is 4.79 Å². The molecule has 5 nitrogen and oxygen atoms in total. The van der Waals surface area contributed by atoms with Gasteiger partial charge < -0.3 is 5.11 Å². The Balaban J connectivity index is 2.49. The van der Waals surface area contributed by atoms with E-state index in [4.69, 9.17) is 5.11 Å². The Morgan fingerprint density at radius 3 is 3.07 bits per heavy atom. The average Bonchev–Trinajstić information content (AvgIpc) is 2.47. The maximum atomic E-state index is 10.5. The molecule has 0 fully saturated rings. The number of rotatable bonds is 2.